The van der Waals surface area contributed by atoms with Crippen LogP contribution in [0.25, 0.3) is 0 Å². The smallest absolute Gasteiger partial charge is 0.261 e. The van der Waals surface area contributed by atoms with E-state index in [9.17, 15) is 14.0 Å². The maximum atomic E-state index is 13.3. The first-order valence-corrected chi connectivity index (χ1v) is 11.6. The van der Waals surface area contributed by atoms with Crippen molar-refractivity contribution in [3.05, 3.63) is 59.9 Å². The van der Waals surface area contributed by atoms with Gasteiger partial charge in [0, 0.05) is 12.6 Å². The third-order valence-electron chi connectivity index (χ3n) is 6.00. The number of hydrogen-bond acceptors (Lipinski definition) is 4. The van der Waals surface area contributed by atoms with Crippen LogP contribution in [0.4, 0.5) is 4.39 Å². The van der Waals surface area contributed by atoms with Gasteiger partial charge in [0.25, 0.3) is 5.91 Å². The summed E-state index contributed by atoms with van der Waals surface area (Å²) in [5.41, 5.74) is 0.855. The van der Waals surface area contributed by atoms with Crippen molar-refractivity contribution >= 4 is 11.8 Å². The minimum Gasteiger partial charge on any atom is -0.497 e. The molecule has 0 radical (unpaired) electrons. The van der Waals surface area contributed by atoms with Crippen molar-refractivity contribution in [1.29, 1.82) is 0 Å². The van der Waals surface area contributed by atoms with Crippen LogP contribution in [0.15, 0.2) is 48.5 Å². The van der Waals surface area contributed by atoms with E-state index in [0.717, 1.165) is 31.2 Å². The van der Waals surface area contributed by atoms with Gasteiger partial charge in [-0.2, -0.15) is 0 Å². The minimum atomic E-state index is -0.623. The second-order valence-electron chi connectivity index (χ2n) is 8.38. The van der Waals surface area contributed by atoms with E-state index >= 15 is 0 Å². The molecule has 2 aromatic rings. The molecule has 1 fully saturated rings. The summed E-state index contributed by atoms with van der Waals surface area (Å²) in [6, 6.07) is 12.5. The van der Waals surface area contributed by atoms with Gasteiger partial charge < -0.3 is 19.7 Å². The lowest BCUT2D eigenvalue weighted by Crippen LogP contribution is -2.52. The van der Waals surface area contributed by atoms with Gasteiger partial charge in [0.05, 0.1) is 7.11 Å². The summed E-state index contributed by atoms with van der Waals surface area (Å²) in [6.45, 7) is 1.90. The van der Waals surface area contributed by atoms with E-state index < -0.39 is 6.04 Å². The summed E-state index contributed by atoms with van der Waals surface area (Å²) < 4.78 is 24.1. The van der Waals surface area contributed by atoms with Crippen molar-refractivity contribution in [2.24, 2.45) is 0 Å². The molecule has 6 nitrogen and oxygen atoms in total. The number of rotatable bonds is 10. The van der Waals surface area contributed by atoms with Crippen molar-refractivity contribution in [2.75, 3.05) is 13.7 Å². The molecule has 33 heavy (non-hydrogen) atoms. The molecule has 0 heterocycles. The lowest BCUT2D eigenvalue weighted by atomic mass is 9.95. The zero-order valence-electron chi connectivity index (χ0n) is 19.4. The van der Waals surface area contributed by atoms with E-state index in [1.165, 1.54) is 30.7 Å². The predicted molar refractivity (Wildman–Crippen MR) is 125 cm³/mol. The Morgan fingerprint density at radius 2 is 1.82 bits per heavy atom. The van der Waals surface area contributed by atoms with Gasteiger partial charge in [0.1, 0.15) is 23.4 Å². The van der Waals surface area contributed by atoms with Gasteiger partial charge in [-0.25, -0.2) is 4.39 Å². The van der Waals surface area contributed by atoms with Gasteiger partial charge in [-0.1, -0.05) is 38.3 Å². The van der Waals surface area contributed by atoms with Crippen molar-refractivity contribution in [1.82, 2.24) is 10.2 Å². The maximum Gasteiger partial charge on any atom is 0.261 e. The number of halogens is 1. The van der Waals surface area contributed by atoms with Crippen LogP contribution in [-0.4, -0.2) is 42.5 Å². The van der Waals surface area contributed by atoms with Gasteiger partial charge in [0.2, 0.25) is 5.91 Å². The summed E-state index contributed by atoms with van der Waals surface area (Å²) in [7, 11) is 1.59. The number of nitrogens with one attached hydrogen (secondary N) is 1. The Balaban J connectivity index is 1.76. The predicted octanol–water partition coefficient (Wildman–Crippen LogP) is 4.47. The molecule has 0 saturated heterocycles. The minimum absolute atomic E-state index is 0.137. The van der Waals surface area contributed by atoms with Crippen LogP contribution in [0.1, 0.15) is 51.0 Å². The SMILES string of the molecule is CC[C@H](C(=O)NC1CCCCC1)N(Cc1cccc(OC)c1)C(=O)COc1ccc(F)cc1. The Labute approximate surface area is 195 Å². The molecule has 0 bridgehead atoms. The molecule has 178 valence electrons. The topological polar surface area (TPSA) is 67.9 Å². The first-order valence-electron chi connectivity index (χ1n) is 11.6. The molecule has 1 aliphatic carbocycles. The largest absolute Gasteiger partial charge is 0.497 e. The molecule has 1 aliphatic rings. The van der Waals surface area contributed by atoms with Crippen molar-refractivity contribution < 1.29 is 23.5 Å². The Hall–Kier alpha value is -3.09. The molecular weight excluding hydrogens is 423 g/mol. The van der Waals surface area contributed by atoms with Gasteiger partial charge in [0.15, 0.2) is 6.61 Å². The highest BCUT2D eigenvalue weighted by Gasteiger charge is 2.30. The van der Waals surface area contributed by atoms with Gasteiger partial charge in [-0.15, -0.1) is 0 Å². The zero-order chi connectivity index (χ0) is 23.6. The third kappa shape index (κ3) is 7.20. The van der Waals surface area contributed by atoms with Crippen LogP contribution in [0.2, 0.25) is 0 Å². The Bertz CT molecular complexity index is 913. The second-order valence-corrected chi connectivity index (χ2v) is 8.38. The molecule has 7 heteroatoms. The van der Waals surface area contributed by atoms with Crippen LogP contribution in [0.5, 0.6) is 11.5 Å². The van der Waals surface area contributed by atoms with E-state index in [-0.39, 0.29) is 36.8 Å². The number of hydrogen-bond donors (Lipinski definition) is 1. The fraction of sp³-hybridized carbons (Fsp3) is 0.462. The van der Waals surface area contributed by atoms with Crippen LogP contribution in [0, 0.1) is 5.82 Å². The Kier molecular flexibility index (Phi) is 9.10. The molecule has 1 saturated carbocycles. The summed E-state index contributed by atoms with van der Waals surface area (Å²) in [5, 5.41) is 3.15. The van der Waals surface area contributed by atoms with Crippen molar-refractivity contribution in [2.45, 2.75) is 64.1 Å². The monoisotopic (exact) mass is 456 g/mol. The number of amides is 2. The second kappa shape index (κ2) is 12.2. The van der Waals surface area contributed by atoms with Crippen LogP contribution in [-0.2, 0) is 16.1 Å². The fourth-order valence-electron chi connectivity index (χ4n) is 4.19. The highest BCUT2D eigenvalue weighted by atomic mass is 19.1. The van der Waals surface area contributed by atoms with Crippen LogP contribution in [0.3, 0.4) is 0 Å². The average molecular weight is 457 g/mol. The molecule has 0 unspecified atom stereocenters. The number of carbonyl (C=O) groups is 2. The van der Waals surface area contributed by atoms with E-state index in [2.05, 4.69) is 5.32 Å². The first kappa shape index (κ1) is 24.6. The number of ether oxygens (including phenoxy) is 2. The quantitative estimate of drug-likeness (QED) is 0.573. The number of methoxy groups -OCH3 is 1. The summed E-state index contributed by atoms with van der Waals surface area (Å²) in [5.74, 6) is 0.252. The number of nitrogens with zero attached hydrogens (tertiary/aromatic N) is 1. The number of benzene rings is 2. The maximum absolute atomic E-state index is 13.3. The molecule has 2 aromatic carbocycles. The third-order valence-corrected chi connectivity index (χ3v) is 6.00. The lowest BCUT2D eigenvalue weighted by molar-refractivity contribution is -0.143. The van der Waals surface area contributed by atoms with E-state index in [4.69, 9.17) is 9.47 Å². The standard InChI is InChI=1S/C26H33FN2O4/c1-3-24(26(31)28-21-9-5-4-6-10-21)29(17-19-8-7-11-23(16-19)32-2)25(30)18-33-22-14-12-20(27)13-15-22/h7-8,11-16,21,24H,3-6,9-10,17-18H2,1-2H3,(H,28,31)/t24-/m1/s1. The average Bonchev–Trinajstić information content (AvgIpc) is 2.84. The van der Waals surface area contributed by atoms with Crippen molar-refractivity contribution in [3.8, 4) is 11.5 Å². The van der Waals surface area contributed by atoms with Gasteiger partial charge in [-0.05, 0) is 61.2 Å². The first-order chi connectivity index (χ1) is 16.0. The molecule has 0 aromatic heterocycles. The molecule has 1 N–H and O–H groups in total. The van der Waals surface area contributed by atoms with Crippen LogP contribution >= 0.6 is 0 Å². The van der Waals surface area contributed by atoms with Crippen LogP contribution < -0.4 is 14.8 Å². The highest BCUT2D eigenvalue weighted by molar-refractivity contribution is 5.88. The Morgan fingerprint density at radius 1 is 1.09 bits per heavy atom. The molecule has 1 atom stereocenters. The van der Waals surface area contributed by atoms with E-state index in [1.54, 1.807) is 12.0 Å². The molecule has 2 amide bonds. The number of carbonyl (C=O) groups excluding carboxylic acids is 2. The molecule has 3 rings (SSSR count). The fourth-order valence-corrected chi connectivity index (χ4v) is 4.19. The summed E-state index contributed by atoms with van der Waals surface area (Å²) in [6.07, 6.45) is 5.84. The lowest BCUT2D eigenvalue weighted by Gasteiger charge is -2.32. The molecular formula is C26H33FN2O4. The summed E-state index contributed by atoms with van der Waals surface area (Å²) >= 11 is 0. The highest BCUT2D eigenvalue weighted by Crippen LogP contribution is 2.20. The van der Waals surface area contributed by atoms with E-state index in [1.807, 2.05) is 31.2 Å². The van der Waals surface area contributed by atoms with Gasteiger partial charge >= 0.3 is 0 Å². The van der Waals surface area contributed by atoms with Crippen molar-refractivity contribution in [3.63, 3.8) is 0 Å². The summed E-state index contributed by atoms with van der Waals surface area (Å²) in [4.78, 5) is 28.0. The molecule has 0 aliphatic heterocycles. The van der Waals surface area contributed by atoms with Gasteiger partial charge in [-0.3, -0.25) is 9.59 Å². The Morgan fingerprint density at radius 3 is 2.48 bits per heavy atom. The zero-order valence-corrected chi connectivity index (χ0v) is 19.4. The van der Waals surface area contributed by atoms with E-state index in [0.29, 0.717) is 17.9 Å². The molecule has 0 spiro atoms. The normalized spacial score (nSPS) is 14.9.